The van der Waals surface area contributed by atoms with E-state index in [2.05, 4.69) is 41.5 Å². The normalized spacial score (nSPS) is 14.1. The maximum absolute atomic E-state index is 13.1. The van der Waals surface area contributed by atoms with Crippen molar-refractivity contribution < 1.29 is 80.2 Å². The Morgan fingerprint density at radius 2 is 0.490 bits per heavy atom. The predicted octanol–water partition coefficient (Wildman–Crippen LogP) is 25.8. The molecule has 17 nitrogen and oxygen atoms in total. The molecule has 0 heterocycles. The van der Waals surface area contributed by atoms with E-state index in [0.717, 1.165) is 102 Å². The molecule has 0 bridgehead atoms. The Morgan fingerprint density at radius 3 is 0.731 bits per heavy atom. The van der Waals surface area contributed by atoms with Gasteiger partial charge in [-0.2, -0.15) is 0 Å². The third-order valence-electron chi connectivity index (χ3n) is 20.3. The molecule has 0 saturated carbocycles. The lowest BCUT2D eigenvalue weighted by Gasteiger charge is -2.21. The smallest absolute Gasteiger partial charge is 0.462 e. The minimum absolute atomic E-state index is 0.108. The fourth-order valence-electron chi connectivity index (χ4n) is 13.2. The largest absolute Gasteiger partial charge is 0.472 e. The Labute approximate surface area is 638 Å². The van der Waals surface area contributed by atoms with E-state index in [0.29, 0.717) is 25.7 Å². The van der Waals surface area contributed by atoms with Gasteiger partial charge < -0.3 is 33.8 Å². The van der Waals surface area contributed by atoms with Crippen molar-refractivity contribution in [1.29, 1.82) is 0 Å². The highest BCUT2D eigenvalue weighted by Crippen LogP contribution is 2.45. The van der Waals surface area contributed by atoms with Gasteiger partial charge in [0, 0.05) is 25.7 Å². The van der Waals surface area contributed by atoms with Crippen LogP contribution in [-0.4, -0.2) is 96.7 Å². The second kappa shape index (κ2) is 76.4. The van der Waals surface area contributed by atoms with E-state index in [9.17, 15) is 43.2 Å². The van der Waals surface area contributed by atoms with Crippen molar-refractivity contribution in [1.82, 2.24) is 0 Å². The zero-order valence-corrected chi connectivity index (χ0v) is 70.1. The molecular weight excluding hydrogens is 1350 g/mol. The summed E-state index contributed by atoms with van der Waals surface area (Å²) in [4.78, 5) is 73.2. The molecule has 0 rings (SSSR count). The summed E-state index contributed by atoms with van der Waals surface area (Å²) in [6.45, 7) is 9.70. The number of unbranched alkanes of at least 4 members (excludes halogenated alkanes) is 53. The van der Waals surface area contributed by atoms with Gasteiger partial charge in [0.1, 0.15) is 19.3 Å². The Balaban J connectivity index is 5.25. The van der Waals surface area contributed by atoms with Crippen molar-refractivity contribution in [3.05, 3.63) is 0 Å². The second-order valence-electron chi connectivity index (χ2n) is 31.3. The van der Waals surface area contributed by atoms with Crippen LogP contribution >= 0.6 is 15.6 Å². The summed E-state index contributed by atoms with van der Waals surface area (Å²) in [6.07, 6.45) is 67.9. The van der Waals surface area contributed by atoms with E-state index in [-0.39, 0.29) is 25.7 Å². The molecule has 0 radical (unpaired) electrons. The van der Waals surface area contributed by atoms with Gasteiger partial charge in [0.25, 0.3) is 0 Å². The van der Waals surface area contributed by atoms with Crippen LogP contribution in [0.25, 0.3) is 0 Å². The molecule has 104 heavy (non-hydrogen) atoms. The Morgan fingerprint density at radius 1 is 0.279 bits per heavy atom. The number of ether oxygens (including phenoxy) is 4. The average Bonchev–Trinajstić information content (AvgIpc) is 0.909. The molecule has 0 fully saturated rings. The maximum atomic E-state index is 13.1. The number of aliphatic hydroxyl groups is 1. The molecule has 0 aromatic carbocycles. The summed E-state index contributed by atoms with van der Waals surface area (Å²) in [7, 11) is -9.93. The molecule has 0 aliphatic heterocycles. The highest BCUT2D eigenvalue weighted by Gasteiger charge is 2.30. The first-order chi connectivity index (χ1) is 50.4. The van der Waals surface area contributed by atoms with Gasteiger partial charge in [-0.3, -0.25) is 37.3 Å². The van der Waals surface area contributed by atoms with E-state index in [1.807, 2.05) is 0 Å². The van der Waals surface area contributed by atoms with Gasteiger partial charge in [-0.1, -0.05) is 401 Å². The monoisotopic (exact) mass is 1520 g/mol. The molecule has 0 aromatic heterocycles. The summed E-state index contributed by atoms with van der Waals surface area (Å²) in [5, 5.41) is 10.7. The first-order valence-electron chi connectivity index (χ1n) is 44.0. The standard InChI is InChI=1S/C85H166O17P2/c1-7-10-12-14-16-18-20-22-24-25-26-27-28-29-35-39-45-52-58-64-70-85(90)101-80(73-95-82(87)67-61-55-49-43-37-34-31-30-32-36-42-48-54-60-66-78(6)9-3)75-99-103(91,92)97-71-79(86)72-98-104(93,94)100-76-81(74-96-83(88)68-62-56-50-46-40-41-47-53-59-65-77(4)5)102-84(89)69-63-57-51-44-38-33-23-21-19-17-15-13-11-8-2/h77-81,86H,7-76H2,1-6H3,(H,91,92)(H,93,94)/t78?,79-,80-,81-/m1/s1. The summed E-state index contributed by atoms with van der Waals surface area (Å²) in [5.74, 6) is -0.508. The van der Waals surface area contributed by atoms with Crippen molar-refractivity contribution >= 4 is 39.5 Å². The van der Waals surface area contributed by atoms with Crippen molar-refractivity contribution in [2.75, 3.05) is 39.6 Å². The summed E-state index contributed by atoms with van der Waals surface area (Å²) < 4.78 is 68.9. The van der Waals surface area contributed by atoms with Crippen LogP contribution in [0.4, 0.5) is 0 Å². The number of hydrogen-bond donors (Lipinski definition) is 3. The van der Waals surface area contributed by atoms with Gasteiger partial charge in [0.05, 0.1) is 26.4 Å². The van der Waals surface area contributed by atoms with Crippen molar-refractivity contribution in [2.24, 2.45) is 11.8 Å². The van der Waals surface area contributed by atoms with E-state index < -0.39 is 97.5 Å². The number of carbonyl (C=O) groups excluding carboxylic acids is 4. The molecule has 0 amide bonds. The van der Waals surface area contributed by atoms with E-state index in [1.165, 1.54) is 270 Å². The van der Waals surface area contributed by atoms with Crippen LogP contribution in [0.3, 0.4) is 0 Å². The fourth-order valence-corrected chi connectivity index (χ4v) is 14.8. The van der Waals surface area contributed by atoms with Gasteiger partial charge >= 0.3 is 39.5 Å². The van der Waals surface area contributed by atoms with Crippen LogP contribution in [0.5, 0.6) is 0 Å². The highest BCUT2D eigenvalue weighted by atomic mass is 31.2. The lowest BCUT2D eigenvalue weighted by atomic mass is 9.99. The Bertz CT molecular complexity index is 2000. The zero-order chi connectivity index (χ0) is 76.4. The molecular formula is C85H166O17P2. The summed E-state index contributed by atoms with van der Waals surface area (Å²) in [6, 6.07) is 0. The predicted molar refractivity (Wildman–Crippen MR) is 428 cm³/mol. The molecule has 618 valence electrons. The maximum Gasteiger partial charge on any atom is 0.472 e. The van der Waals surface area contributed by atoms with Crippen LogP contribution in [-0.2, 0) is 65.4 Å². The molecule has 19 heteroatoms. The van der Waals surface area contributed by atoms with Crippen LogP contribution in [0, 0.1) is 11.8 Å². The lowest BCUT2D eigenvalue weighted by molar-refractivity contribution is -0.161. The molecule has 0 aliphatic rings. The molecule has 0 aromatic rings. The first-order valence-corrected chi connectivity index (χ1v) is 47.0. The molecule has 0 saturated heterocycles. The third-order valence-corrected chi connectivity index (χ3v) is 22.2. The van der Waals surface area contributed by atoms with Gasteiger partial charge in [0.15, 0.2) is 12.2 Å². The van der Waals surface area contributed by atoms with E-state index in [4.69, 9.17) is 37.0 Å². The fraction of sp³-hybridized carbons (Fsp3) is 0.953. The molecule has 6 atom stereocenters. The van der Waals surface area contributed by atoms with Crippen molar-refractivity contribution in [2.45, 2.75) is 471 Å². The van der Waals surface area contributed by atoms with E-state index >= 15 is 0 Å². The molecule has 3 N–H and O–H groups in total. The summed E-state index contributed by atoms with van der Waals surface area (Å²) in [5.41, 5.74) is 0. The van der Waals surface area contributed by atoms with Gasteiger partial charge in [-0.25, -0.2) is 9.13 Å². The Hall–Kier alpha value is -1.94. The summed E-state index contributed by atoms with van der Waals surface area (Å²) >= 11 is 0. The minimum atomic E-state index is -4.97. The quantitative estimate of drug-likeness (QED) is 0.0222. The topological polar surface area (TPSA) is 237 Å². The SMILES string of the molecule is CCCCCCCCCCCCCCCCCCCCCCC(=O)O[C@H](COC(=O)CCCCCCCCCCCCCCCCC(C)CC)COP(=O)(O)OC[C@@H](O)COP(=O)(O)OC[C@@H](COC(=O)CCCCCCCCCCCC(C)C)OC(=O)CCCCCCCCCCCCCCCC. The number of aliphatic hydroxyl groups excluding tert-OH is 1. The van der Waals surface area contributed by atoms with Crippen molar-refractivity contribution in [3.8, 4) is 0 Å². The Kier molecular flexibility index (Phi) is 75.0. The number of phosphoric ester groups is 2. The molecule has 0 spiro atoms. The van der Waals surface area contributed by atoms with Crippen LogP contribution < -0.4 is 0 Å². The highest BCUT2D eigenvalue weighted by molar-refractivity contribution is 7.47. The van der Waals surface area contributed by atoms with Crippen LogP contribution in [0.15, 0.2) is 0 Å². The van der Waals surface area contributed by atoms with Gasteiger partial charge in [-0.15, -0.1) is 0 Å². The number of esters is 4. The van der Waals surface area contributed by atoms with Crippen molar-refractivity contribution in [3.63, 3.8) is 0 Å². The van der Waals surface area contributed by atoms with E-state index in [1.54, 1.807) is 0 Å². The number of hydrogen-bond acceptors (Lipinski definition) is 15. The van der Waals surface area contributed by atoms with Crippen LogP contribution in [0.1, 0.15) is 452 Å². The number of phosphoric acid groups is 2. The minimum Gasteiger partial charge on any atom is -0.462 e. The van der Waals surface area contributed by atoms with Gasteiger partial charge in [0.2, 0.25) is 0 Å². The molecule has 0 aliphatic carbocycles. The second-order valence-corrected chi connectivity index (χ2v) is 34.2. The zero-order valence-electron chi connectivity index (χ0n) is 68.3. The van der Waals surface area contributed by atoms with Gasteiger partial charge in [-0.05, 0) is 37.5 Å². The lowest BCUT2D eigenvalue weighted by Crippen LogP contribution is -2.30. The number of rotatable bonds is 84. The van der Waals surface area contributed by atoms with Crippen LogP contribution in [0.2, 0.25) is 0 Å². The average molecular weight is 1520 g/mol. The third kappa shape index (κ3) is 76.8. The first kappa shape index (κ1) is 102. The number of carbonyl (C=O) groups is 4. The molecule has 3 unspecified atom stereocenters.